The van der Waals surface area contributed by atoms with Crippen LogP contribution >= 0.6 is 0 Å². The molecule has 1 saturated carbocycles. The zero-order valence-electron chi connectivity index (χ0n) is 25.1. The summed E-state index contributed by atoms with van der Waals surface area (Å²) >= 11 is 0. The lowest BCUT2D eigenvalue weighted by Crippen LogP contribution is -2.40. The van der Waals surface area contributed by atoms with Gasteiger partial charge in [0.05, 0.1) is 0 Å². The number of benzene rings is 3. The molecular weight excluding hydrogens is 518 g/mol. The summed E-state index contributed by atoms with van der Waals surface area (Å²) in [5.74, 6) is 1.30. The van der Waals surface area contributed by atoms with Crippen LogP contribution in [0.2, 0.25) is 0 Å². The van der Waals surface area contributed by atoms with Gasteiger partial charge in [-0.25, -0.2) is 0 Å². The number of rotatable bonds is 4. The average molecular weight is 558 g/mol. The van der Waals surface area contributed by atoms with Gasteiger partial charge in [-0.2, -0.15) is 0 Å². The molecule has 0 N–H and O–H groups in total. The summed E-state index contributed by atoms with van der Waals surface area (Å²) in [5.41, 5.74) is 11.3. The van der Waals surface area contributed by atoms with Crippen molar-refractivity contribution in [3.63, 3.8) is 0 Å². The lowest BCUT2D eigenvalue weighted by Gasteiger charge is -2.35. The Morgan fingerprint density at radius 3 is 2.26 bits per heavy atom. The van der Waals surface area contributed by atoms with Crippen molar-refractivity contribution in [3.8, 4) is 0 Å². The highest BCUT2D eigenvalue weighted by Gasteiger charge is 2.33. The molecule has 0 spiro atoms. The SMILES string of the molecule is Cc1cnccc1C1=CCCC(C2=c3ccccc3=C(c3cccc4c(C5CCCCC5)cccc34)C3C=CC=CC23)=C1. The minimum Gasteiger partial charge on any atom is -0.264 e. The summed E-state index contributed by atoms with van der Waals surface area (Å²) in [5, 5.41) is 5.66. The van der Waals surface area contributed by atoms with Crippen LogP contribution < -0.4 is 10.4 Å². The molecule has 0 saturated heterocycles. The average Bonchev–Trinajstić information content (AvgIpc) is 3.07. The van der Waals surface area contributed by atoms with Crippen molar-refractivity contribution >= 4 is 27.5 Å². The molecule has 2 unspecified atom stereocenters. The molecule has 1 aromatic heterocycles. The van der Waals surface area contributed by atoms with Crippen LogP contribution in [0.3, 0.4) is 0 Å². The molecule has 8 rings (SSSR count). The molecule has 0 aliphatic heterocycles. The standard InChI is InChI=1S/C42H39N/c1-28-27-43-25-24-32(28)30-14-9-15-31(26-30)41-37-16-5-7-18-39(37)42(40-19-8-6-17-38(40)41)36-23-11-21-34-33(20-10-22-35(34)36)29-12-3-2-4-13-29/h5-8,10-11,14,16-27,29,37,39H,2-4,9,12-13,15H2,1H3. The van der Waals surface area contributed by atoms with Crippen LogP contribution in [0.15, 0.2) is 121 Å². The Morgan fingerprint density at radius 1 is 0.698 bits per heavy atom. The maximum Gasteiger partial charge on any atom is 0.0303 e. The minimum absolute atomic E-state index is 0.303. The summed E-state index contributed by atoms with van der Waals surface area (Å²) in [6.45, 7) is 2.17. The van der Waals surface area contributed by atoms with Gasteiger partial charge in [-0.05, 0) is 110 Å². The quantitative estimate of drug-likeness (QED) is 0.244. The third kappa shape index (κ3) is 4.58. The van der Waals surface area contributed by atoms with E-state index in [1.54, 1.807) is 5.56 Å². The summed E-state index contributed by atoms with van der Waals surface area (Å²) < 4.78 is 0. The number of nitrogens with zero attached hydrogens (tertiary/aromatic N) is 1. The molecule has 4 aliphatic carbocycles. The van der Waals surface area contributed by atoms with Crippen LogP contribution in [-0.4, -0.2) is 4.98 Å². The van der Waals surface area contributed by atoms with Gasteiger partial charge in [-0.3, -0.25) is 4.98 Å². The number of hydrogen-bond acceptors (Lipinski definition) is 1. The van der Waals surface area contributed by atoms with Gasteiger partial charge in [0.1, 0.15) is 0 Å². The van der Waals surface area contributed by atoms with E-state index in [1.165, 1.54) is 92.3 Å². The first-order valence-corrected chi connectivity index (χ1v) is 16.3. The molecule has 212 valence electrons. The maximum absolute atomic E-state index is 4.35. The molecule has 0 bridgehead atoms. The third-order valence-electron chi connectivity index (χ3n) is 10.4. The van der Waals surface area contributed by atoms with E-state index in [0.29, 0.717) is 17.8 Å². The van der Waals surface area contributed by atoms with Crippen LogP contribution in [0, 0.1) is 18.8 Å². The van der Waals surface area contributed by atoms with Crippen molar-refractivity contribution in [3.05, 3.63) is 154 Å². The maximum atomic E-state index is 4.35. The topological polar surface area (TPSA) is 12.9 Å². The summed E-state index contributed by atoms with van der Waals surface area (Å²) in [6, 6.07) is 25.6. The van der Waals surface area contributed by atoms with Crippen molar-refractivity contribution in [2.24, 2.45) is 11.8 Å². The molecule has 4 aliphatic rings. The first-order chi connectivity index (χ1) is 21.3. The normalized spacial score (nSPS) is 21.8. The molecule has 1 heterocycles. The highest BCUT2D eigenvalue weighted by atomic mass is 14.6. The van der Waals surface area contributed by atoms with Gasteiger partial charge >= 0.3 is 0 Å². The molecule has 3 aromatic carbocycles. The van der Waals surface area contributed by atoms with Crippen molar-refractivity contribution in [1.29, 1.82) is 0 Å². The fraction of sp³-hybridized carbons (Fsp3) is 0.262. The fourth-order valence-corrected chi connectivity index (χ4v) is 8.42. The molecular formula is C42H39N. The van der Waals surface area contributed by atoms with Crippen LogP contribution in [0.5, 0.6) is 0 Å². The Bertz CT molecular complexity index is 1970. The van der Waals surface area contributed by atoms with Gasteiger partial charge in [0.2, 0.25) is 0 Å². The van der Waals surface area contributed by atoms with E-state index < -0.39 is 0 Å². The Labute approximate surface area is 255 Å². The zero-order chi connectivity index (χ0) is 28.8. The molecule has 4 aromatic rings. The number of fused-ring (bicyclic) bond motifs is 3. The van der Waals surface area contributed by atoms with E-state index in [-0.39, 0.29) is 0 Å². The van der Waals surface area contributed by atoms with E-state index in [4.69, 9.17) is 0 Å². The van der Waals surface area contributed by atoms with Crippen molar-refractivity contribution in [1.82, 2.24) is 4.98 Å². The Balaban J connectivity index is 1.37. The first kappa shape index (κ1) is 26.4. The van der Waals surface area contributed by atoms with E-state index >= 15 is 0 Å². The highest BCUT2D eigenvalue weighted by Crippen LogP contribution is 2.45. The monoisotopic (exact) mass is 557 g/mol. The van der Waals surface area contributed by atoms with Crippen LogP contribution in [0.25, 0.3) is 27.5 Å². The van der Waals surface area contributed by atoms with E-state index in [1.807, 2.05) is 12.4 Å². The van der Waals surface area contributed by atoms with Gasteiger partial charge in [0.15, 0.2) is 0 Å². The number of aryl methyl sites for hydroxylation is 1. The fourth-order valence-electron chi connectivity index (χ4n) is 8.42. The second kappa shape index (κ2) is 11.1. The first-order valence-electron chi connectivity index (χ1n) is 16.3. The van der Waals surface area contributed by atoms with Crippen LogP contribution in [0.4, 0.5) is 0 Å². The van der Waals surface area contributed by atoms with E-state index in [0.717, 1.165) is 12.8 Å². The Hall–Kier alpha value is -4.23. The predicted octanol–water partition coefficient (Wildman–Crippen LogP) is 9.12. The van der Waals surface area contributed by atoms with E-state index in [2.05, 4.69) is 115 Å². The summed E-state index contributed by atoms with van der Waals surface area (Å²) in [7, 11) is 0. The molecule has 43 heavy (non-hydrogen) atoms. The van der Waals surface area contributed by atoms with Gasteiger partial charge in [-0.15, -0.1) is 0 Å². The summed E-state index contributed by atoms with van der Waals surface area (Å²) in [6.07, 6.45) is 27.1. The largest absolute Gasteiger partial charge is 0.264 e. The van der Waals surface area contributed by atoms with Gasteiger partial charge in [-0.1, -0.05) is 116 Å². The Kier molecular flexibility index (Phi) is 6.83. The van der Waals surface area contributed by atoms with Gasteiger partial charge in [0, 0.05) is 24.2 Å². The molecule has 0 radical (unpaired) electrons. The second-order valence-corrected chi connectivity index (χ2v) is 12.8. The molecule has 2 atom stereocenters. The number of pyridine rings is 1. The third-order valence-corrected chi connectivity index (χ3v) is 10.4. The van der Waals surface area contributed by atoms with Crippen molar-refractivity contribution in [2.45, 2.75) is 57.8 Å². The molecule has 1 heteroatoms. The minimum atomic E-state index is 0.303. The second-order valence-electron chi connectivity index (χ2n) is 12.8. The van der Waals surface area contributed by atoms with Gasteiger partial charge < -0.3 is 0 Å². The number of aromatic nitrogens is 1. The predicted molar refractivity (Wildman–Crippen MR) is 181 cm³/mol. The smallest absolute Gasteiger partial charge is 0.0303 e. The number of hydrogen-bond donors (Lipinski definition) is 0. The molecule has 1 nitrogen and oxygen atoms in total. The Morgan fingerprint density at radius 2 is 1.44 bits per heavy atom. The van der Waals surface area contributed by atoms with Crippen molar-refractivity contribution in [2.75, 3.05) is 0 Å². The van der Waals surface area contributed by atoms with Crippen LogP contribution in [-0.2, 0) is 0 Å². The lowest BCUT2D eigenvalue weighted by molar-refractivity contribution is 0.445. The highest BCUT2D eigenvalue weighted by molar-refractivity contribution is 5.98. The lowest BCUT2D eigenvalue weighted by atomic mass is 9.68. The van der Waals surface area contributed by atoms with Crippen molar-refractivity contribution < 1.29 is 0 Å². The number of allylic oxidation sites excluding steroid dienone is 8. The van der Waals surface area contributed by atoms with E-state index in [9.17, 15) is 0 Å². The molecule has 0 amide bonds. The summed E-state index contributed by atoms with van der Waals surface area (Å²) in [4.78, 5) is 4.35. The van der Waals surface area contributed by atoms with Gasteiger partial charge in [0.25, 0.3) is 0 Å². The zero-order valence-corrected chi connectivity index (χ0v) is 25.1. The van der Waals surface area contributed by atoms with Crippen LogP contribution in [0.1, 0.15) is 73.1 Å². The molecule has 1 fully saturated rings.